The van der Waals surface area contributed by atoms with Gasteiger partial charge in [-0.1, -0.05) is 11.8 Å². The Morgan fingerprint density at radius 3 is 2.70 bits per heavy atom. The summed E-state index contributed by atoms with van der Waals surface area (Å²) in [7, 11) is 0. The molecule has 0 fully saturated rings. The van der Waals surface area contributed by atoms with E-state index in [0.29, 0.717) is 39.7 Å². The molecule has 0 saturated heterocycles. The Morgan fingerprint density at radius 2 is 2.04 bits per heavy atom. The van der Waals surface area contributed by atoms with Gasteiger partial charge in [0.1, 0.15) is 10.5 Å². The van der Waals surface area contributed by atoms with Gasteiger partial charge < -0.3 is 4.90 Å². The van der Waals surface area contributed by atoms with Gasteiger partial charge in [-0.05, 0) is 56.0 Å². The number of aromatic nitrogens is 2. The Labute approximate surface area is 164 Å². The first-order valence-corrected chi connectivity index (χ1v) is 10.5. The van der Waals surface area contributed by atoms with E-state index in [-0.39, 0.29) is 23.0 Å². The molecule has 5 nitrogen and oxygen atoms in total. The molecule has 0 aliphatic carbocycles. The number of benzene rings is 1. The van der Waals surface area contributed by atoms with Gasteiger partial charge in [-0.3, -0.25) is 14.2 Å². The number of rotatable bonds is 6. The molecule has 1 aromatic carbocycles. The summed E-state index contributed by atoms with van der Waals surface area (Å²) >= 11 is 2.54. The van der Waals surface area contributed by atoms with Crippen molar-refractivity contribution in [3.63, 3.8) is 0 Å². The quantitative estimate of drug-likeness (QED) is 0.462. The molecule has 2 aromatic heterocycles. The van der Waals surface area contributed by atoms with Crippen molar-refractivity contribution in [1.29, 1.82) is 0 Å². The number of aryl methyl sites for hydroxylation is 1. The first-order valence-electron chi connectivity index (χ1n) is 8.63. The lowest BCUT2D eigenvalue weighted by atomic mass is 10.2. The fourth-order valence-electron chi connectivity index (χ4n) is 2.78. The van der Waals surface area contributed by atoms with E-state index in [9.17, 15) is 14.0 Å². The maximum atomic E-state index is 13.7. The summed E-state index contributed by atoms with van der Waals surface area (Å²) in [5.74, 6) is -0.154. The van der Waals surface area contributed by atoms with Gasteiger partial charge in [0.15, 0.2) is 5.16 Å². The second-order valence-electron chi connectivity index (χ2n) is 5.96. The lowest BCUT2D eigenvalue weighted by Gasteiger charge is -2.19. The monoisotopic (exact) mass is 405 g/mol. The van der Waals surface area contributed by atoms with Crippen LogP contribution >= 0.6 is 23.1 Å². The topological polar surface area (TPSA) is 55.2 Å². The number of amides is 1. The lowest BCUT2D eigenvalue weighted by Crippen LogP contribution is -2.32. The van der Waals surface area contributed by atoms with E-state index in [4.69, 9.17) is 0 Å². The number of carbonyl (C=O) groups is 1. The molecule has 2 heterocycles. The molecule has 0 saturated carbocycles. The maximum absolute atomic E-state index is 13.7. The molecule has 142 valence electrons. The largest absolute Gasteiger partial charge is 0.343 e. The van der Waals surface area contributed by atoms with Crippen LogP contribution in [0.25, 0.3) is 15.9 Å². The average molecular weight is 406 g/mol. The Kier molecular flexibility index (Phi) is 5.96. The first-order chi connectivity index (χ1) is 13.0. The van der Waals surface area contributed by atoms with E-state index < -0.39 is 0 Å². The van der Waals surface area contributed by atoms with Crippen molar-refractivity contribution in [2.45, 2.75) is 25.9 Å². The van der Waals surface area contributed by atoms with E-state index in [1.165, 1.54) is 33.7 Å². The third-order valence-corrected chi connectivity index (χ3v) is 6.10. The molecule has 3 rings (SSSR count). The zero-order valence-corrected chi connectivity index (χ0v) is 17.0. The number of carbonyl (C=O) groups excluding carboxylic acids is 1. The predicted molar refractivity (Wildman–Crippen MR) is 109 cm³/mol. The Balaban J connectivity index is 2.06. The molecule has 0 atom stereocenters. The smallest absolute Gasteiger partial charge is 0.276 e. The van der Waals surface area contributed by atoms with E-state index in [1.54, 1.807) is 30.0 Å². The highest BCUT2D eigenvalue weighted by atomic mass is 32.2. The second kappa shape index (κ2) is 8.22. The summed E-state index contributed by atoms with van der Waals surface area (Å²) in [6.45, 7) is 6.78. The van der Waals surface area contributed by atoms with Gasteiger partial charge in [0.2, 0.25) is 5.91 Å². The molecule has 0 aliphatic heterocycles. The molecule has 0 bridgehead atoms. The molecule has 0 N–H and O–H groups in total. The average Bonchev–Trinajstić information content (AvgIpc) is 3.12. The summed E-state index contributed by atoms with van der Waals surface area (Å²) in [4.78, 5) is 31.7. The van der Waals surface area contributed by atoms with Crippen molar-refractivity contribution in [3.8, 4) is 5.69 Å². The third kappa shape index (κ3) is 3.91. The molecule has 8 heteroatoms. The SMILES string of the molecule is CCN(CC)C(=O)CSc1nc2ccsc2c(=O)n1-c1ccc(F)c(C)c1. The molecular weight excluding hydrogens is 385 g/mol. The van der Waals surface area contributed by atoms with Crippen LogP contribution in [0.3, 0.4) is 0 Å². The van der Waals surface area contributed by atoms with Gasteiger partial charge in [0, 0.05) is 13.1 Å². The van der Waals surface area contributed by atoms with Crippen LogP contribution in [0.2, 0.25) is 0 Å². The normalized spacial score (nSPS) is 11.1. The zero-order valence-electron chi connectivity index (χ0n) is 15.4. The third-order valence-electron chi connectivity index (χ3n) is 4.29. The number of hydrogen-bond acceptors (Lipinski definition) is 5. The Morgan fingerprint density at radius 1 is 1.30 bits per heavy atom. The van der Waals surface area contributed by atoms with E-state index >= 15 is 0 Å². The van der Waals surface area contributed by atoms with Crippen LogP contribution in [0.15, 0.2) is 39.6 Å². The number of nitrogens with zero attached hydrogens (tertiary/aromatic N) is 3. The Bertz CT molecular complexity index is 1040. The molecule has 0 aliphatic rings. The number of thiophene rings is 1. The summed E-state index contributed by atoms with van der Waals surface area (Å²) in [5, 5.41) is 2.24. The van der Waals surface area contributed by atoms with Crippen molar-refractivity contribution in [3.05, 3.63) is 51.4 Å². The van der Waals surface area contributed by atoms with Gasteiger partial charge in [0.05, 0.1) is 17.0 Å². The van der Waals surface area contributed by atoms with Crippen LogP contribution in [0, 0.1) is 12.7 Å². The van der Waals surface area contributed by atoms with Gasteiger partial charge >= 0.3 is 0 Å². The molecular formula is C19H20FN3O2S2. The molecule has 0 radical (unpaired) electrons. The summed E-state index contributed by atoms with van der Waals surface area (Å²) < 4.78 is 15.7. The summed E-state index contributed by atoms with van der Waals surface area (Å²) in [6.07, 6.45) is 0. The van der Waals surface area contributed by atoms with Gasteiger partial charge in [-0.25, -0.2) is 9.37 Å². The fourth-order valence-corrected chi connectivity index (χ4v) is 4.45. The minimum absolute atomic E-state index is 0.00787. The van der Waals surface area contributed by atoms with Gasteiger partial charge in [-0.2, -0.15) is 0 Å². The number of hydrogen-bond donors (Lipinski definition) is 0. The molecule has 0 unspecified atom stereocenters. The second-order valence-corrected chi connectivity index (χ2v) is 7.82. The van der Waals surface area contributed by atoms with Crippen molar-refractivity contribution in [1.82, 2.24) is 14.5 Å². The zero-order chi connectivity index (χ0) is 19.6. The summed E-state index contributed by atoms with van der Waals surface area (Å²) in [6, 6.07) is 6.30. The minimum Gasteiger partial charge on any atom is -0.343 e. The number of fused-ring (bicyclic) bond motifs is 1. The molecule has 3 aromatic rings. The van der Waals surface area contributed by atoms with E-state index in [2.05, 4.69) is 4.98 Å². The highest BCUT2D eigenvalue weighted by Gasteiger charge is 2.17. The van der Waals surface area contributed by atoms with Crippen LogP contribution in [0.4, 0.5) is 4.39 Å². The van der Waals surface area contributed by atoms with Crippen LogP contribution in [-0.2, 0) is 4.79 Å². The van der Waals surface area contributed by atoms with Gasteiger partial charge in [0.25, 0.3) is 5.56 Å². The van der Waals surface area contributed by atoms with Crippen LogP contribution in [0.1, 0.15) is 19.4 Å². The summed E-state index contributed by atoms with van der Waals surface area (Å²) in [5.41, 5.74) is 1.39. The van der Waals surface area contributed by atoms with Crippen molar-refractivity contribution in [2.24, 2.45) is 0 Å². The minimum atomic E-state index is -0.331. The molecule has 0 spiro atoms. The fraction of sp³-hybridized carbons (Fsp3) is 0.316. The Hall–Kier alpha value is -2.19. The number of halogens is 1. The maximum Gasteiger partial charge on any atom is 0.276 e. The molecule has 1 amide bonds. The van der Waals surface area contributed by atoms with Crippen LogP contribution in [-0.4, -0.2) is 39.2 Å². The molecule has 27 heavy (non-hydrogen) atoms. The van der Waals surface area contributed by atoms with Crippen molar-refractivity contribution in [2.75, 3.05) is 18.8 Å². The number of thioether (sulfide) groups is 1. The van der Waals surface area contributed by atoms with Gasteiger partial charge in [-0.15, -0.1) is 11.3 Å². The van der Waals surface area contributed by atoms with Crippen LogP contribution in [0.5, 0.6) is 0 Å². The van der Waals surface area contributed by atoms with Crippen molar-refractivity contribution >= 4 is 39.2 Å². The predicted octanol–water partition coefficient (Wildman–Crippen LogP) is 3.86. The lowest BCUT2D eigenvalue weighted by molar-refractivity contribution is -0.127. The van der Waals surface area contributed by atoms with Crippen LogP contribution < -0.4 is 5.56 Å². The van der Waals surface area contributed by atoms with E-state index in [1.807, 2.05) is 19.2 Å². The highest BCUT2D eigenvalue weighted by Crippen LogP contribution is 2.24. The van der Waals surface area contributed by atoms with Crippen molar-refractivity contribution < 1.29 is 9.18 Å². The van der Waals surface area contributed by atoms with E-state index in [0.717, 1.165) is 0 Å². The first kappa shape index (κ1) is 19.6. The highest BCUT2D eigenvalue weighted by molar-refractivity contribution is 7.99. The standard InChI is InChI=1S/C19H20FN3O2S2/c1-4-22(5-2)16(24)11-27-19-21-15-8-9-26-17(15)18(25)23(19)13-6-7-14(20)12(3)10-13/h6-10H,4-5,11H2,1-3H3.